The summed E-state index contributed by atoms with van der Waals surface area (Å²) in [6.45, 7) is 1.55. The second-order valence-electron chi connectivity index (χ2n) is 4.00. The third-order valence-corrected chi connectivity index (χ3v) is 3.67. The summed E-state index contributed by atoms with van der Waals surface area (Å²) in [5.41, 5.74) is 0.862. The van der Waals surface area contributed by atoms with Gasteiger partial charge in [-0.2, -0.15) is 0 Å². The Morgan fingerprint density at radius 3 is 2.94 bits per heavy atom. The van der Waals surface area contributed by atoms with Gasteiger partial charge >= 0.3 is 0 Å². The molecule has 1 heterocycles. The zero-order valence-electron chi connectivity index (χ0n) is 10.3. The number of aromatic hydroxyl groups is 1. The number of phenolic OH excluding ortho intramolecular Hbond substituents is 1. The second kappa shape index (κ2) is 6.42. The van der Waals surface area contributed by atoms with Gasteiger partial charge in [-0.1, -0.05) is 6.07 Å². The van der Waals surface area contributed by atoms with E-state index in [-0.39, 0.29) is 0 Å². The van der Waals surface area contributed by atoms with Crippen molar-refractivity contribution in [2.24, 2.45) is 0 Å². The number of rotatable bonds is 6. The van der Waals surface area contributed by atoms with Crippen molar-refractivity contribution in [1.29, 1.82) is 0 Å². The Balaban J connectivity index is 1.82. The fourth-order valence-electron chi connectivity index (χ4n) is 1.72. The van der Waals surface area contributed by atoms with E-state index in [1.54, 1.807) is 30.6 Å². The predicted octanol–water partition coefficient (Wildman–Crippen LogP) is 2.79. The van der Waals surface area contributed by atoms with Gasteiger partial charge in [-0.05, 0) is 36.1 Å². The van der Waals surface area contributed by atoms with Gasteiger partial charge < -0.3 is 15.2 Å². The molecule has 0 saturated carbocycles. The number of thiophene rings is 1. The first-order chi connectivity index (χ1) is 8.79. The van der Waals surface area contributed by atoms with Crippen LogP contribution in [0.25, 0.3) is 0 Å². The Morgan fingerprint density at radius 1 is 1.33 bits per heavy atom. The lowest BCUT2D eigenvalue weighted by Gasteiger charge is -2.08. The SMILES string of the molecule is COc1ccc(O)c(CNCCc2cccs2)c1. The van der Waals surface area contributed by atoms with Gasteiger partial charge in [0.15, 0.2) is 0 Å². The largest absolute Gasteiger partial charge is 0.508 e. The molecule has 3 nitrogen and oxygen atoms in total. The molecule has 0 aliphatic heterocycles. The van der Waals surface area contributed by atoms with E-state index in [9.17, 15) is 5.11 Å². The van der Waals surface area contributed by atoms with Crippen LogP contribution in [0.5, 0.6) is 11.5 Å². The number of benzene rings is 1. The van der Waals surface area contributed by atoms with Crippen molar-refractivity contribution in [3.05, 3.63) is 46.2 Å². The third-order valence-electron chi connectivity index (χ3n) is 2.73. The first-order valence-corrected chi connectivity index (χ1v) is 6.76. The molecule has 2 N–H and O–H groups in total. The van der Waals surface area contributed by atoms with Gasteiger partial charge in [0.05, 0.1) is 7.11 Å². The first kappa shape index (κ1) is 12.9. The van der Waals surface area contributed by atoms with Crippen LogP contribution in [0, 0.1) is 0 Å². The second-order valence-corrected chi connectivity index (χ2v) is 5.03. The van der Waals surface area contributed by atoms with Crippen LogP contribution < -0.4 is 10.1 Å². The Labute approximate surface area is 111 Å². The molecule has 0 spiro atoms. The number of phenols is 1. The summed E-state index contributed by atoms with van der Waals surface area (Å²) >= 11 is 1.77. The molecule has 0 amide bonds. The molecule has 0 bridgehead atoms. The summed E-state index contributed by atoms with van der Waals surface area (Å²) in [5.74, 6) is 1.07. The maximum atomic E-state index is 9.72. The average Bonchev–Trinajstić information content (AvgIpc) is 2.89. The van der Waals surface area contributed by atoms with E-state index in [2.05, 4.69) is 22.8 Å². The van der Waals surface area contributed by atoms with Gasteiger partial charge in [0.25, 0.3) is 0 Å². The van der Waals surface area contributed by atoms with Gasteiger partial charge in [-0.3, -0.25) is 0 Å². The molecule has 1 aromatic heterocycles. The fraction of sp³-hybridized carbons (Fsp3) is 0.286. The average molecular weight is 263 g/mol. The lowest BCUT2D eigenvalue weighted by molar-refractivity contribution is 0.410. The smallest absolute Gasteiger partial charge is 0.120 e. The van der Waals surface area contributed by atoms with Crippen LogP contribution in [0.3, 0.4) is 0 Å². The Morgan fingerprint density at radius 2 is 2.22 bits per heavy atom. The molecule has 2 rings (SSSR count). The quantitative estimate of drug-likeness (QED) is 0.787. The van der Waals surface area contributed by atoms with Crippen molar-refractivity contribution in [2.45, 2.75) is 13.0 Å². The maximum absolute atomic E-state index is 9.72. The molecular formula is C14H17NO2S. The lowest BCUT2D eigenvalue weighted by Crippen LogP contribution is -2.16. The van der Waals surface area contributed by atoms with Gasteiger partial charge in [0.1, 0.15) is 11.5 Å². The predicted molar refractivity (Wildman–Crippen MR) is 74.4 cm³/mol. The van der Waals surface area contributed by atoms with E-state index in [0.29, 0.717) is 12.3 Å². The Kier molecular flexibility index (Phi) is 4.61. The number of hydrogen-bond acceptors (Lipinski definition) is 4. The van der Waals surface area contributed by atoms with E-state index < -0.39 is 0 Å². The van der Waals surface area contributed by atoms with Crippen LogP contribution in [-0.2, 0) is 13.0 Å². The minimum absolute atomic E-state index is 0.305. The topological polar surface area (TPSA) is 41.5 Å². The van der Waals surface area contributed by atoms with Crippen molar-refractivity contribution in [3.8, 4) is 11.5 Å². The molecule has 0 aliphatic carbocycles. The van der Waals surface area contributed by atoms with Crippen LogP contribution >= 0.6 is 11.3 Å². The van der Waals surface area contributed by atoms with Crippen molar-refractivity contribution in [3.63, 3.8) is 0 Å². The molecule has 0 radical (unpaired) electrons. The van der Waals surface area contributed by atoms with Crippen LogP contribution in [0.2, 0.25) is 0 Å². The van der Waals surface area contributed by atoms with Crippen LogP contribution in [0.1, 0.15) is 10.4 Å². The highest BCUT2D eigenvalue weighted by Gasteiger charge is 2.03. The molecular weight excluding hydrogens is 246 g/mol. The normalized spacial score (nSPS) is 10.5. The maximum Gasteiger partial charge on any atom is 0.120 e. The number of ether oxygens (including phenoxy) is 1. The van der Waals surface area contributed by atoms with E-state index >= 15 is 0 Å². The number of nitrogens with one attached hydrogen (secondary N) is 1. The highest BCUT2D eigenvalue weighted by atomic mass is 32.1. The zero-order chi connectivity index (χ0) is 12.8. The van der Waals surface area contributed by atoms with Crippen molar-refractivity contribution in [1.82, 2.24) is 5.32 Å². The highest BCUT2D eigenvalue weighted by molar-refractivity contribution is 7.09. The summed E-state index contributed by atoms with van der Waals surface area (Å²) in [6.07, 6.45) is 1.02. The number of methoxy groups -OCH3 is 1. The molecule has 0 fully saturated rings. The summed E-state index contributed by atoms with van der Waals surface area (Å²) in [5, 5.41) is 15.1. The molecule has 1 aromatic carbocycles. The van der Waals surface area contributed by atoms with Crippen molar-refractivity contribution < 1.29 is 9.84 Å². The summed E-state index contributed by atoms with van der Waals surface area (Å²) in [4.78, 5) is 1.37. The standard InChI is InChI=1S/C14H17NO2S/c1-17-12-4-5-14(16)11(9-12)10-15-7-6-13-3-2-8-18-13/h2-5,8-9,15-16H,6-7,10H2,1H3. The Bertz CT molecular complexity index is 483. The van der Waals surface area contributed by atoms with Crippen LogP contribution in [-0.4, -0.2) is 18.8 Å². The minimum Gasteiger partial charge on any atom is -0.508 e. The van der Waals surface area contributed by atoms with Gasteiger partial charge in [-0.15, -0.1) is 11.3 Å². The highest BCUT2D eigenvalue weighted by Crippen LogP contribution is 2.22. The van der Waals surface area contributed by atoms with E-state index in [0.717, 1.165) is 24.3 Å². The van der Waals surface area contributed by atoms with Crippen molar-refractivity contribution in [2.75, 3.05) is 13.7 Å². The molecule has 0 saturated heterocycles. The summed E-state index contributed by atoms with van der Waals surface area (Å²) in [6, 6.07) is 9.47. The van der Waals surface area contributed by atoms with Crippen molar-refractivity contribution >= 4 is 11.3 Å². The van der Waals surface area contributed by atoms with Gasteiger partial charge in [-0.25, -0.2) is 0 Å². The van der Waals surface area contributed by atoms with E-state index in [1.165, 1.54) is 4.88 Å². The molecule has 4 heteroatoms. The fourth-order valence-corrected chi connectivity index (χ4v) is 2.43. The zero-order valence-corrected chi connectivity index (χ0v) is 11.2. The molecule has 18 heavy (non-hydrogen) atoms. The summed E-state index contributed by atoms with van der Waals surface area (Å²) in [7, 11) is 1.63. The lowest BCUT2D eigenvalue weighted by atomic mass is 10.2. The van der Waals surface area contributed by atoms with Gasteiger partial charge in [0.2, 0.25) is 0 Å². The van der Waals surface area contributed by atoms with Crippen LogP contribution in [0.4, 0.5) is 0 Å². The molecule has 0 aliphatic rings. The number of hydrogen-bond donors (Lipinski definition) is 2. The first-order valence-electron chi connectivity index (χ1n) is 5.88. The minimum atomic E-state index is 0.305. The third kappa shape index (κ3) is 3.48. The van der Waals surface area contributed by atoms with E-state index in [4.69, 9.17) is 4.74 Å². The molecule has 0 atom stereocenters. The van der Waals surface area contributed by atoms with Crippen LogP contribution in [0.15, 0.2) is 35.7 Å². The molecule has 96 valence electrons. The van der Waals surface area contributed by atoms with Gasteiger partial charge in [0, 0.05) is 23.5 Å². The Hall–Kier alpha value is -1.52. The monoisotopic (exact) mass is 263 g/mol. The van der Waals surface area contributed by atoms with E-state index in [1.807, 2.05) is 6.07 Å². The molecule has 0 unspecified atom stereocenters. The summed E-state index contributed by atoms with van der Waals surface area (Å²) < 4.78 is 5.14. The molecule has 2 aromatic rings.